The molecule has 0 radical (unpaired) electrons. The number of imidazole rings is 1. The molecule has 0 atom stereocenters. The van der Waals surface area contributed by atoms with Gasteiger partial charge in [0.05, 0.1) is 0 Å². The first-order chi connectivity index (χ1) is 8.86. The van der Waals surface area contributed by atoms with Crippen LogP contribution in [-0.4, -0.2) is 43.4 Å². The van der Waals surface area contributed by atoms with E-state index in [1.165, 1.54) is 12.8 Å². The van der Waals surface area contributed by atoms with Crippen LogP contribution in [0.3, 0.4) is 0 Å². The summed E-state index contributed by atoms with van der Waals surface area (Å²) in [5.41, 5.74) is 1.65. The Bertz CT molecular complexity index is 399. The molecule has 2 aromatic heterocycles. The van der Waals surface area contributed by atoms with Crippen LogP contribution in [0.4, 0.5) is 0 Å². The number of H-pyrrole nitrogens is 1. The first-order valence-corrected chi connectivity index (χ1v) is 6.86. The third-order valence-electron chi connectivity index (χ3n) is 2.38. The standard InChI is InChI=1S/C6H4N3.C5H10NS.C2H6.Be/c1-2-5-6(7-3-1)9-4-8-5;7-5-1-3-6-4-2-5;1-2;/h1-3H,(H,7,8,9);5,7H,1-4H2;1-2H3;/q2*-1;;+2. The Hall–Kier alpha value is -0.901. The van der Waals surface area contributed by atoms with Crippen molar-refractivity contribution in [2.45, 2.75) is 31.9 Å². The number of aromatic nitrogens is 3. The molecule has 3 rings (SSSR count). The van der Waals surface area contributed by atoms with Gasteiger partial charge in [-0.25, -0.2) is 0 Å². The Morgan fingerprint density at radius 3 is 2.58 bits per heavy atom. The van der Waals surface area contributed by atoms with Gasteiger partial charge in [0, 0.05) is 11.8 Å². The van der Waals surface area contributed by atoms with Crippen molar-refractivity contribution in [3.63, 3.8) is 0 Å². The normalized spacial score (nSPS) is 14.5. The second kappa shape index (κ2) is 11.0. The van der Waals surface area contributed by atoms with Crippen LogP contribution in [0.1, 0.15) is 26.7 Å². The van der Waals surface area contributed by atoms with Gasteiger partial charge in [0.2, 0.25) is 0 Å². The van der Waals surface area contributed by atoms with Crippen molar-refractivity contribution in [2.24, 2.45) is 0 Å². The second-order valence-corrected chi connectivity index (χ2v) is 4.35. The average molecular weight is 273 g/mol. The fourth-order valence-electron chi connectivity index (χ4n) is 1.46. The number of nitrogens with one attached hydrogen (secondary N) is 1. The van der Waals surface area contributed by atoms with Crippen LogP contribution in [0.25, 0.3) is 16.5 Å². The average Bonchev–Trinajstić information content (AvgIpc) is 2.91. The molecule has 2 aromatic rings. The van der Waals surface area contributed by atoms with E-state index < -0.39 is 0 Å². The van der Waals surface area contributed by atoms with Crippen molar-refractivity contribution in [1.82, 2.24) is 15.0 Å². The summed E-state index contributed by atoms with van der Waals surface area (Å²) < 4.78 is 0. The van der Waals surface area contributed by atoms with E-state index in [2.05, 4.69) is 39.2 Å². The van der Waals surface area contributed by atoms with E-state index in [1.807, 2.05) is 26.0 Å². The van der Waals surface area contributed by atoms with E-state index in [4.69, 9.17) is 0 Å². The monoisotopic (exact) mass is 273 g/mol. The Morgan fingerprint density at radius 2 is 2.05 bits per heavy atom. The topological polar surface area (TPSA) is 55.7 Å². The molecule has 4 nitrogen and oxygen atoms in total. The molecule has 3 heterocycles. The van der Waals surface area contributed by atoms with E-state index in [0.29, 0.717) is 5.25 Å². The molecule has 19 heavy (non-hydrogen) atoms. The number of thiol groups is 1. The van der Waals surface area contributed by atoms with Gasteiger partial charge in [-0.2, -0.15) is 12.6 Å². The number of nitrogens with zero attached hydrogens (tertiary/aromatic N) is 3. The molecule has 0 aromatic carbocycles. The SMILES string of the molecule is CC.SC1CC[N-]CC1.[Be+2].[c-]1nc2cccnc2[nH]1. The number of hydrogen-bond acceptors (Lipinski definition) is 3. The molecule has 1 aliphatic heterocycles. The maximum Gasteiger partial charge on any atom is 2.00 e. The van der Waals surface area contributed by atoms with Crippen molar-refractivity contribution in [2.75, 3.05) is 13.1 Å². The molecule has 100 valence electrons. The van der Waals surface area contributed by atoms with Gasteiger partial charge in [-0.3, -0.25) is 0 Å². The first kappa shape index (κ1) is 18.1. The molecule has 6 heteroatoms. The van der Waals surface area contributed by atoms with E-state index in [9.17, 15) is 0 Å². The van der Waals surface area contributed by atoms with E-state index >= 15 is 0 Å². The van der Waals surface area contributed by atoms with Crippen LogP contribution in [0.2, 0.25) is 0 Å². The summed E-state index contributed by atoms with van der Waals surface area (Å²) in [6, 6.07) is 3.73. The minimum absolute atomic E-state index is 0. The van der Waals surface area contributed by atoms with Crippen molar-refractivity contribution in [3.8, 4) is 0 Å². The first-order valence-electron chi connectivity index (χ1n) is 6.34. The zero-order valence-corrected chi connectivity index (χ0v) is 12.5. The molecule has 0 bridgehead atoms. The van der Waals surface area contributed by atoms with Gasteiger partial charge in [-0.05, 0) is 11.6 Å². The predicted octanol–water partition coefficient (Wildman–Crippen LogP) is 2.86. The fraction of sp³-hybridized carbons (Fsp3) is 0.538. The quantitative estimate of drug-likeness (QED) is 0.440. The smallest absolute Gasteiger partial charge is 0.662 e. The molecule has 1 fully saturated rings. The Kier molecular flexibility index (Phi) is 10.4. The van der Waals surface area contributed by atoms with Gasteiger partial charge in [-0.15, -0.1) is 13.1 Å². The van der Waals surface area contributed by atoms with E-state index in [0.717, 1.165) is 24.3 Å². The molecule has 1 saturated heterocycles. The predicted molar refractivity (Wildman–Crippen MR) is 84.9 cm³/mol. The molecule has 0 saturated carbocycles. The Morgan fingerprint density at radius 1 is 1.37 bits per heavy atom. The van der Waals surface area contributed by atoms with Gasteiger partial charge in [0.1, 0.15) is 0 Å². The zero-order chi connectivity index (χ0) is 13.2. The molecule has 0 unspecified atom stereocenters. The van der Waals surface area contributed by atoms with Crippen LogP contribution >= 0.6 is 12.6 Å². The molecular weight excluding hydrogens is 253 g/mol. The van der Waals surface area contributed by atoms with E-state index in [-0.39, 0.29) is 10.1 Å². The Labute approximate surface area is 124 Å². The molecular formula is C13H20BeN4S. The summed E-state index contributed by atoms with van der Waals surface area (Å²) in [4.78, 5) is 10.6. The summed E-state index contributed by atoms with van der Waals surface area (Å²) >= 11 is 4.30. The van der Waals surface area contributed by atoms with Crippen LogP contribution < -0.4 is 0 Å². The summed E-state index contributed by atoms with van der Waals surface area (Å²) in [6.45, 7) is 6.07. The van der Waals surface area contributed by atoms with Crippen LogP contribution in [0.5, 0.6) is 0 Å². The van der Waals surface area contributed by atoms with Crippen LogP contribution in [0, 0.1) is 6.33 Å². The maximum atomic E-state index is 4.30. The Balaban J connectivity index is 0.000000296. The van der Waals surface area contributed by atoms with Gasteiger partial charge in [-0.1, -0.05) is 44.3 Å². The number of pyridine rings is 1. The van der Waals surface area contributed by atoms with Gasteiger partial charge in [0.15, 0.2) is 0 Å². The van der Waals surface area contributed by atoms with Crippen molar-refractivity contribution < 1.29 is 0 Å². The van der Waals surface area contributed by atoms with Gasteiger partial charge < -0.3 is 20.3 Å². The van der Waals surface area contributed by atoms with Crippen molar-refractivity contribution >= 4 is 33.9 Å². The number of fused-ring (bicyclic) bond motifs is 1. The van der Waals surface area contributed by atoms with Crippen LogP contribution in [0.15, 0.2) is 18.3 Å². The number of rotatable bonds is 0. The zero-order valence-electron chi connectivity index (χ0n) is 11.6. The van der Waals surface area contributed by atoms with Gasteiger partial charge in [0.25, 0.3) is 0 Å². The number of piperidine rings is 1. The summed E-state index contributed by atoms with van der Waals surface area (Å²) in [6.07, 6.45) is 6.68. The fourth-order valence-corrected chi connectivity index (χ4v) is 1.69. The van der Waals surface area contributed by atoms with E-state index in [1.54, 1.807) is 6.20 Å². The van der Waals surface area contributed by atoms with Crippen molar-refractivity contribution in [1.29, 1.82) is 0 Å². The third-order valence-corrected chi connectivity index (χ3v) is 2.89. The maximum absolute atomic E-state index is 4.30. The molecule has 1 aliphatic rings. The van der Waals surface area contributed by atoms with Crippen molar-refractivity contribution in [3.05, 3.63) is 30.0 Å². The molecule has 0 spiro atoms. The minimum atomic E-state index is 0. The third kappa shape index (κ3) is 6.71. The van der Waals surface area contributed by atoms with Crippen LogP contribution in [-0.2, 0) is 0 Å². The number of hydrogen-bond donors (Lipinski definition) is 2. The number of aromatic amines is 1. The summed E-state index contributed by atoms with van der Waals surface area (Å²) in [5.74, 6) is 0. The minimum Gasteiger partial charge on any atom is -0.662 e. The molecule has 0 aliphatic carbocycles. The summed E-state index contributed by atoms with van der Waals surface area (Å²) in [7, 11) is 0. The molecule has 0 amide bonds. The second-order valence-electron chi connectivity index (χ2n) is 3.62. The van der Waals surface area contributed by atoms with Gasteiger partial charge >= 0.3 is 10.1 Å². The molecule has 1 N–H and O–H groups in total. The summed E-state index contributed by atoms with van der Waals surface area (Å²) in [5, 5.41) is 4.82. The largest absolute Gasteiger partial charge is 2.00 e.